The summed E-state index contributed by atoms with van der Waals surface area (Å²) in [5, 5.41) is 8.52. The van der Waals surface area contributed by atoms with E-state index < -0.39 is 0 Å². The number of hydrogen-bond donors (Lipinski definition) is 0. The standard InChI is InChI=1S/C64H48N2/c1-5-20-49(21-6-2)66-60-30-19-18-29-52(60)56-40-48(34-38-62(56)66)46-32-36-54-58(42-46)64(44-25-14-10-15-26-44)53-35-31-45(41-57(53)63(54)43-23-12-9-13-24-43)47-33-37-61-55(39-47)51(22-7-3)59(8-4)65(61)50-27-16-11-17-28-50/h5-42H,1,4H2,2-3H3/b21-6-,22-7-,49-20+. The third-order valence-corrected chi connectivity index (χ3v) is 13.1. The third kappa shape index (κ3) is 6.66. The highest BCUT2D eigenvalue weighted by atomic mass is 15.0. The maximum Gasteiger partial charge on any atom is 0.0541 e. The van der Waals surface area contributed by atoms with Gasteiger partial charge >= 0.3 is 0 Å². The SMILES string of the molecule is C=C/C=C(\C=C/C)n1c2ccccc2c2cc(-c3ccc4c(-c5ccccc5)c5cc(-c6ccc7c(c6)c(/C=C\C)c(C=C)n7-c6ccccc6)ccc5c(-c5ccccc5)c4c3)ccc21. The Balaban J connectivity index is 1.15. The van der Waals surface area contributed by atoms with Gasteiger partial charge in [-0.2, -0.15) is 0 Å². The summed E-state index contributed by atoms with van der Waals surface area (Å²) in [5.41, 5.74) is 17.5. The van der Waals surface area contributed by atoms with Crippen molar-refractivity contribution in [3.8, 4) is 50.2 Å². The Bertz CT molecular complexity index is 3780. The van der Waals surface area contributed by atoms with Crippen LogP contribution >= 0.6 is 0 Å². The average molecular weight is 845 g/mol. The van der Waals surface area contributed by atoms with Crippen molar-refractivity contribution in [3.05, 3.63) is 243 Å². The molecule has 0 amide bonds. The molecule has 0 saturated carbocycles. The van der Waals surface area contributed by atoms with Crippen LogP contribution in [-0.2, 0) is 0 Å². The van der Waals surface area contributed by atoms with Crippen molar-refractivity contribution < 1.29 is 0 Å². The molecule has 314 valence electrons. The van der Waals surface area contributed by atoms with Crippen molar-refractivity contribution in [3.63, 3.8) is 0 Å². The molecule has 2 nitrogen and oxygen atoms in total. The van der Waals surface area contributed by atoms with Gasteiger partial charge in [-0.1, -0.05) is 171 Å². The number of allylic oxidation sites excluding steroid dienone is 6. The number of para-hydroxylation sites is 2. The molecule has 11 rings (SSSR count). The zero-order valence-corrected chi connectivity index (χ0v) is 37.2. The molecule has 0 aliphatic heterocycles. The first-order valence-electron chi connectivity index (χ1n) is 22.7. The maximum absolute atomic E-state index is 4.27. The minimum atomic E-state index is 1.08. The van der Waals surface area contributed by atoms with Gasteiger partial charge in [0.2, 0.25) is 0 Å². The highest BCUT2D eigenvalue weighted by Crippen LogP contribution is 2.47. The minimum Gasteiger partial charge on any atom is -0.309 e. The number of benzene rings is 9. The van der Waals surface area contributed by atoms with E-state index in [4.69, 9.17) is 0 Å². The molecule has 0 aliphatic carbocycles. The number of hydrogen-bond acceptors (Lipinski definition) is 0. The van der Waals surface area contributed by atoms with Gasteiger partial charge < -0.3 is 9.13 Å². The Kier molecular flexibility index (Phi) is 10.3. The molecule has 66 heavy (non-hydrogen) atoms. The van der Waals surface area contributed by atoms with Gasteiger partial charge in [0.05, 0.1) is 22.2 Å². The summed E-state index contributed by atoms with van der Waals surface area (Å²) in [6, 6.07) is 69.1. The molecule has 0 aliphatic rings. The summed E-state index contributed by atoms with van der Waals surface area (Å²) in [7, 11) is 0. The van der Waals surface area contributed by atoms with Gasteiger partial charge in [0.1, 0.15) is 0 Å². The van der Waals surface area contributed by atoms with Gasteiger partial charge in [-0.05, 0) is 153 Å². The second-order valence-electron chi connectivity index (χ2n) is 16.8. The zero-order chi connectivity index (χ0) is 44.7. The highest BCUT2D eigenvalue weighted by molar-refractivity contribution is 6.23. The van der Waals surface area contributed by atoms with Crippen LogP contribution in [0, 0.1) is 0 Å². The number of aromatic nitrogens is 2. The van der Waals surface area contributed by atoms with E-state index in [-0.39, 0.29) is 0 Å². The minimum absolute atomic E-state index is 1.08. The van der Waals surface area contributed by atoms with Gasteiger partial charge in [0.25, 0.3) is 0 Å². The number of rotatable bonds is 10. The molecule has 2 aromatic heterocycles. The zero-order valence-electron chi connectivity index (χ0n) is 37.2. The smallest absolute Gasteiger partial charge is 0.0541 e. The van der Waals surface area contributed by atoms with Crippen LogP contribution in [0.4, 0.5) is 0 Å². The first kappa shape index (κ1) is 40.3. The van der Waals surface area contributed by atoms with Crippen molar-refractivity contribution in [1.82, 2.24) is 9.13 Å². The first-order chi connectivity index (χ1) is 32.6. The summed E-state index contributed by atoms with van der Waals surface area (Å²) in [6.07, 6.45) is 14.5. The fourth-order valence-corrected chi connectivity index (χ4v) is 10.3. The largest absolute Gasteiger partial charge is 0.309 e. The predicted molar refractivity (Wildman–Crippen MR) is 287 cm³/mol. The highest BCUT2D eigenvalue weighted by Gasteiger charge is 2.21. The lowest BCUT2D eigenvalue weighted by molar-refractivity contribution is 1.11. The molecule has 0 N–H and O–H groups in total. The second kappa shape index (κ2) is 16.9. The summed E-state index contributed by atoms with van der Waals surface area (Å²) < 4.78 is 4.66. The Labute approximate surface area is 386 Å². The topological polar surface area (TPSA) is 9.86 Å². The Morgan fingerprint density at radius 2 is 0.924 bits per heavy atom. The molecule has 0 unspecified atom stereocenters. The second-order valence-corrected chi connectivity index (χ2v) is 16.8. The normalized spacial score (nSPS) is 12.2. The van der Waals surface area contributed by atoms with Gasteiger partial charge in [-0.3, -0.25) is 0 Å². The summed E-state index contributed by atoms with van der Waals surface area (Å²) in [4.78, 5) is 0. The van der Waals surface area contributed by atoms with E-state index in [1.165, 1.54) is 93.3 Å². The van der Waals surface area contributed by atoms with Crippen LogP contribution in [0.1, 0.15) is 25.1 Å². The molecule has 0 fully saturated rings. The van der Waals surface area contributed by atoms with Crippen molar-refractivity contribution in [1.29, 1.82) is 0 Å². The Morgan fingerprint density at radius 3 is 1.48 bits per heavy atom. The molecule has 2 heteroatoms. The average Bonchev–Trinajstić information content (AvgIpc) is 3.87. The fourth-order valence-electron chi connectivity index (χ4n) is 10.3. The van der Waals surface area contributed by atoms with Crippen LogP contribution in [0.25, 0.3) is 122 Å². The van der Waals surface area contributed by atoms with Crippen molar-refractivity contribution in [2.45, 2.75) is 13.8 Å². The van der Waals surface area contributed by atoms with Crippen LogP contribution < -0.4 is 0 Å². The third-order valence-electron chi connectivity index (χ3n) is 13.1. The number of nitrogens with zero attached hydrogens (tertiary/aromatic N) is 2. The molecule has 9 aromatic carbocycles. The van der Waals surface area contributed by atoms with Crippen LogP contribution in [0.5, 0.6) is 0 Å². The lowest BCUT2D eigenvalue weighted by Crippen LogP contribution is -1.96. The van der Waals surface area contributed by atoms with Crippen molar-refractivity contribution >= 4 is 72.1 Å². The van der Waals surface area contributed by atoms with Gasteiger partial charge in [-0.15, -0.1) is 0 Å². The molecular formula is C64H48N2. The fraction of sp³-hybridized carbons (Fsp3) is 0.0312. The molecule has 0 spiro atoms. The van der Waals surface area contributed by atoms with Crippen molar-refractivity contribution in [2.24, 2.45) is 0 Å². The first-order valence-corrected chi connectivity index (χ1v) is 22.7. The molecule has 2 heterocycles. The van der Waals surface area contributed by atoms with E-state index >= 15 is 0 Å². The van der Waals surface area contributed by atoms with E-state index in [0.717, 1.165) is 28.1 Å². The van der Waals surface area contributed by atoms with Crippen LogP contribution in [0.15, 0.2) is 232 Å². The van der Waals surface area contributed by atoms with Crippen LogP contribution in [0.3, 0.4) is 0 Å². The molecule has 0 radical (unpaired) electrons. The van der Waals surface area contributed by atoms with Gasteiger partial charge in [-0.25, -0.2) is 0 Å². The van der Waals surface area contributed by atoms with E-state index in [0.29, 0.717) is 0 Å². The summed E-state index contributed by atoms with van der Waals surface area (Å²) >= 11 is 0. The molecule has 0 bridgehead atoms. The van der Waals surface area contributed by atoms with Crippen LogP contribution in [-0.4, -0.2) is 9.13 Å². The Hall–Kier alpha value is -8.46. The number of fused-ring (bicyclic) bond motifs is 6. The maximum atomic E-state index is 4.27. The molecule has 0 saturated heterocycles. The van der Waals surface area contributed by atoms with Gasteiger partial charge in [0.15, 0.2) is 0 Å². The van der Waals surface area contributed by atoms with Crippen LogP contribution in [0.2, 0.25) is 0 Å². The predicted octanol–water partition coefficient (Wildman–Crippen LogP) is 18.0. The molecule has 11 aromatic rings. The van der Waals surface area contributed by atoms with E-state index in [1.807, 2.05) is 12.2 Å². The lowest BCUT2D eigenvalue weighted by atomic mass is 9.84. The van der Waals surface area contributed by atoms with E-state index in [1.54, 1.807) is 0 Å². The summed E-state index contributed by atoms with van der Waals surface area (Å²) in [6.45, 7) is 12.4. The van der Waals surface area contributed by atoms with Gasteiger partial charge in [0, 0.05) is 33.1 Å². The lowest BCUT2D eigenvalue weighted by Gasteiger charge is -2.20. The quantitative estimate of drug-likeness (QED) is 0.0959. The van der Waals surface area contributed by atoms with E-state index in [9.17, 15) is 0 Å². The monoisotopic (exact) mass is 844 g/mol. The Morgan fingerprint density at radius 1 is 0.424 bits per heavy atom. The summed E-state index contributed by atoms with van der Waals surface area (Å²) in [5.74, 6) is 0. The molecular weight excluding hydrogens is 797 g/mol. The van der Waals surface area contributed by atoms with E-state index in [2.05, 4.69) is 255 Å². The van der Waals surface area contributed by atoms with Crippen molar-refractivity contribution in [2.75, 3.05) is 0 Å². The molecule has 0 atom stereocenters.